The molecule has 35 heavy (non-hydrogen) atoms. The van der Waals surface area contributed by atoms with E-state index >= 15 is 0 Å². The highest BCUT2D eigenvalue weighted by Crippen LogP contribution is 2.47. The lowest BCUT2D eigenvalue weighted by Crippen LogP contribution is -2.71. The second kappa shape index (κ2) is 9.41. The minimum Gasteiger partial charge on any atom is -0.372 e. The van der Waals surface area contributed by atoms with Crippen LogP contribution in [0.3, 0.4) is 0 Å². The molecule has 1 aromatic heterocycles. The van der Waals surface area contributed by atoms with E-state index in [1.807, 2.05) is 0 Å². The summed E-state index contributed by atoms with van der Waals surface area (Å²) in [5.41, 5.74) is -2.32. The molecule has 0 aliphatic heterocycles. The second-order valence-electron chi connectivity index (χ2n) is 8.04. The summed E-state index contributed by atoms with van der Waals surface area (Å²) in [6, 6.07) is 14.2. The number of quaternary nitrogens is 1. The Morgan fingerprint density at radius 1 is 1.06 bits per heavy atom. The number of fused-ring (bicyclic) bond motifs is 1. The van der Waals surface area contributed by atoms with E-state index in [1.165, 1.54) is 48.7 Å². The Kier molecular flexibility index (Phi) is 6.68. The summed E-state index contributed by atoms with van der Waals surface area (Å²) < 4.78 is 59.3. The maximum absolute atomic E-state index is 14.6. The SMILES string of the molecule is C=CCn1cc(C(O)(c2ccc([NH2+]c3ccc(F)cc3)c(C=N)c2)C(F)(F)F)c2ccc(Br)cc21. The van der Waals surface area contributed by atoms with E-state index in [0.717, 1.165) is 12.3 Å². The lowest BCUT2D eigenvalue weighted by molar-refractivity contribution is -0.478. The number of aromatic nitrogens is 1. The highest BCUT2D eigenvalue weighted by Gasteiger charge is 2.57. The van der Waals surface area contributed by atoms with Crippen LogP contribution >= 0.6 is 15.9 Å². The van der Waals surface area contributed by atoms with E-state index in [-0.39, 0.29) is 23.1 Å². The van der Waals surface area contributed by atoms with Crippen molar-refractivity contribution >= 4 is 44.4 Å². The molecule has 9 heteroatoms. The first-order chi connectivity index (χ1) is 16.6. The first-order valence-corrected chi connectivity index (χ1v) is 11.3. The van der Waals surface area contributed by atoms with E-state index in [0.29, 0.717) is 21.4 Å². The van der Waals surface area contributed by atoms with Crippen LogP contribution < -0.4 is 5.32 Å². The lowest BCUT2D eigenvalue weighted by Gasteiger charge is -2.31. The normalized spacial score (nSPS) is 13.5. The number of benzene rings is 3. The topological polar surface area (TPSA) is 65.6 Å². The standard InChI is InChI=1S/C26H20BrF4N3O/c1-2-11-34-15-22(21-9-4-18(27)13-24(21)34)25(35,26(29,30)31)17-3-10-23(16(12-17)14-32)33-20-7-5-19(28)6-8-20/h2-10,12-15,32-33,35H,1,11H2/p+1. The molecule has 4 nitrogen and oxygen atoms in total. The van der Waals surface area contributed by atoms with Gasteiger partial charge in [-0.2, -0.15) is 13.2 Å². The molecule has 0 bridgehead atoms. The van der Waals surface area contributed by atoms with Gasteiger partial charge >= 0.3 is 6.18 Å². The zero-order chi connectivity index (χ0) is 25.4. The van der Waals surface area contributed by atoms with Gasteiger partial charge in [0.15, 0.2) is 0 Å². The minimum absolute atomic E-state index is 0.173. The van der Waals surface area contributed by atoms with Crippen LogP contribution in [0.1, 0.15) is 16.7 Å². The number of aliphatic hydroxyl groups is 1. The van der Waals surface area contributed by atoms with Crippen molar-refractivity contribution in [2.75, 3.05) is 0 Å². The van der Waals surface area contributed by atoms with Gasteiger partial charge in [-0.1, -0.05) is 28.1 Å². The molecule has 0 radical (unpaired) electrons. The number of hydrogen-bond acceptors (Lipinski definition) is 2. The van der Waals surface area contributed by atoms with Crippen molar-refractivity contribution in [1.82, 2.24) is 4.57 Å². The third kappa shape index (κ3) is 4.54. The smallest absolute Gasteiger partial charge is 0.372 e. The quantitative estimate of drug-likeness (QED) is 0.112. The molecular formula is C26H21BrF4N3O+. The molecule has 180 valence electrons. The van der Waals surface area contributed by atoms with E-state index in [1.54, 1.807) is 28.1 Å². The number of allylic oxidation sites excluding steroid dienone is 1. The van der Waals surface area contributed by atoms with Crippen molar-refractivity contribution in [2.45, 2.75) is 18.3 Å². The van der Waals surface area contributed by atoms with Gasteiger partial charge in [0.2, 0.25) is 5.60 Å². The van der Waals surface area contributed by atoms with Crippen LogP contribution in [-0.4, -0.2) is 22.1 Å². The van der Waals surface area contributed by atoms with Gasteiger partial charge in [0.05, 0.1) is 5.56 Å². The Hall–Kier alpha value is -3.27. The van der Waals surface area contributed by atoms with Crippen LogP contribution in [0.25, 0.3) is 10.9 Å². The number of hydrogen-bond donors (Lipinski definition) is 3. The summed E-state index contributed by atoms with van der Waals surface area (Å²) in [6.07, 6.45) is -1.29. The molecule has 0 aliphatic rings. The van der Waals surface area contributed by atoms with E-state index in [2.05, 4.69) is 22.5 Å². The number of alkyl halides is 3. The van der Waals surface area contributed by atoms with Gasteiger partial charge in [-0.05, 0) is 42.0 Å². The molecule has 1 unspecified atom stereocenters. The average Bonchev–Trinajstić information content (AvgIpc) is 3.17. The number of halogens is 5. The molecule has 0 aliphatic carbocycles. The van der Waals surface area contributed by atoms with Gasteiger partial charge in [0, 0.05) is 58.1 Å². The molecule has 0 amide bonds. The molecule has 0 saturated heterocycles. The molecule has 4 N–H and O–H groups in total. The van der Waals surface area contributed by atoms with Crippen LogP contribution in [0.4, 0.5) is 28.9 Å². The maximum atomic E-state index is 14.6. The predicted octanol–water partition coefficient (Wildman–Crippen LogP) is 6.05. The minimum atomic E-state index is -5.06. The first-order valence-electron chi connectivity index (χ1n) is 10.5. The summed E-state index contributed by atoms with van der Waals surface area (Å²) in [7, 11) is 0. The van der Waals surface area contributed by atoms with Crippen molar-refractivity contribution in [2.24, 2.45) is 0 Å². The van der Waals surface area contributed by atoms with Gasteiger partial charge in [0.25, 0.3) is 0 Å². The van der Waals surface area contributed by atoms with E-state index in [4.69, 9.17) is 5.41 Å². The third-order valence-electron chi connectivity index (χ3n) is 5.82. The fraction of sp³-hybridized carbons (Fsp3) is 0.115. The molecule has 1 atom stereocenters. The van der Waals surface area contributed by atoms with Gasteiger partial charge in [0.1, 0.15) is 17.2 Å². The number of nitrogens with one attached hydrogen (secondary N) is 1. The monoisotopic (exact) mass is 546 g/mol. The van der Waals surface area contributed by atoms with Crippen molar-refractivity contribution in [1.29, 1.82) is 5.41 Å². The molecule has 4 rings (SSSR count). The Balaban J connectivity index is 1.89. The highest BCUT2D eigenvalue weighted by molar-refractivity contribution is 9.10. The molecule has 1 heterocycles. The second-order valence-corrected chi connectivity index (χ2v) is 8.95. The Morgan fingerprint density at radius 2 is 1.77 bits per heavy atom. The Morgan fingerprint density at radius 3 is 2.40 bits per heavy atom. The van der Waals surface area contributed by atoms with Crippen LogP contribution in [0, 0.1) is 11.2 Å². The predicted molar refractivity (Wildman–Crippen MR) is 131 cm³/mol. The molecule has 4 aromatic rings. The highest BCUT2D eigenvalue weighted by atomic mass is 79.9. The Labute approximate surface area is 207 Å². The largest absolute Gasteiger partial charge is 0.425 e. The molecule has 0 saturated carbocycles. The van der Waals surface area contributed by atoms with Gasteiger partial charge in [-0.25, -0.2) is 4.39 Å². The van der Waals surface area contributed by atoms with E-state index in [9.17, 15) is 22.7 Å². The summed E-state index contributed by atoms with van der Waals surface area (Å²) in [5.74, 6) is -0.414. The summed E-state index contributed by atoms with van der Waals surface area (Å²) in [6.45, 7) is 3.92. The van der Waals surface area contributed by atoms with Crippen molar-refractivity contribution in [3.8, 4) is 0 Å². The number of nitrogens with zero attached hydrogens (tertiary/aromatic N) is 1. The lowest BCUT2D eigenvalue weighted by atomic mass is 9.84. The average molecular weight is 547 g/mol. The van der Waals surface area contributed by atoms with Crippen LogP contribution in [0.5, 0.6) is 0 Å². The third-order valence-corrected chi connectivity index (χ3v) is 6.32. The summed E-state index contributed by atoms with van der Waals surface area (Å²) >= 11 is 3.35. The first kappa shape index (κ1) is 24.8. The molecule has 0 spiro atoms. The number of rotatable bonds is 7. The van der Waals surface area contributed by atoms with Crippen LogP contribution in [-0.2, 0) is 12.1 Å². The van der Waals surface area contributed by atoms with Crippen molar-refractivity contribution < 1.29 is 28.0 Å². The molecule has 3 aromatic carbocycles. The summed E-state index contributed by atoms with van der Waals surface area (Å²) in [4.78, 5) is 0. The van der Waals surface area contributed by atoms with Crippen LogP contribution in [0.15, 0.2) is 84.0 Å². The maximum Gasteiger partial charge on any atom is 0.425 e. The summed E-state index contributed by atoms with van der Waals surface area (Å²) in [5, 5.41) is 21.0. The zero-order valence-electron chi connectivity index (χ0n) is 18.3. The van der Waals surface area contributed by atoms with Crippen molar-refractivity contribution in [3.05, 3.63) is 106 Å². The zero-order valence-corrected chi connectivity index (χ0v) is 19.9. The molecular weight excluding hydrogens is 526 g/mol. The number of nitrogens with two attached hydrogens (primary N) is 1. The van der Waals surface area contributed by atoms with Crippen LogP contribution in [0.2, 0.25) is 0 Å². The fourth-order valence-corrected chi connectivity index (χ4v) is 4.46. The van der Waals surface area contributed by atoms with Gasteiger partial charge in [-0.15, -0.1) is 6.58 Å². The van der Waals surface area contributed by atoms with Gasteiger partial charge < -0.3 is 15.1 Å². The van der Waals surface area contributed by atoms with Gasteiger partial charge in [-0.3, -0.25) is 5.32 Å². The van der Waals surface area contributed by atoms with Crippen molar-refractivity contribution in [3.63, 3.8) is 0 Å². The fourth-order valence-electron chi connectivity index (χ4n) is 4.11. The van der Waals surface area contributed by atoms with E-state index < -0.39 is 23.2 Å². The Bertz CT molecular complexity index is 1410. The molecule has 0 fully saturated rings.